The molecule has 4 aromatic rings. The number of aromatic amines is 1. The van der Waals surface area contributed by atoms with Gasteiger partial charge in [-0.05, 0) is 31.0 Å². The minimum absolute atomic E-state index is 0.101. The number of para-hydroxylation sites is 1. The zero-order valence-corrected chi connectivity index (χ0v) is 16.8. The lowest BCUT2D eigenvalue weighted by Gasteiger charge is -2.30. The number of aromatic nitrogens is 4. The van der Waals surface area contributed by atoms with E-state index in [1.54, 1.807) is 4.90 Å². The summed E-state index contributed by atoms with van der Waals surface area (Å²) >= 11 is 1.26. The molecule has 0 aliphatic carbocycles. The number of H-pyrrole nitrogens is 1. The second kappa shape index (κ2) is 7.88. The summed E-state index contributed by atoms with van der Waals surface area (Å²) < 4.78 is 8.62. The lowest BCUT2D eigenvalue weighted by Crippen LogP contribution is -3.12. The van der Waals surface area contributed by atoms with Crippen molar-refractivity contribution in [3.63, 3.8) is 0 Å². The quantitative estimate of drug-likeness (QED) is 0.471. The average molecular weight is 408 g/mol. The Morgan fingerprint density at radius 1 is 1.21 bits per heavy atom. The summed E-state index contributed by atoms with van der Waals surface area (Å²) in [6, 6.07) is 14.1. The number of quaternary nitrogens is 1. The number of fused-ring (bicyclic) bond motifs is 2. The van der Waals surface area contributed by atoms with Gasteiger partial charge in [0.25, 0.3) is 5.91 Å². The molecule has 2 atom stereocenters. The molecule has 2 aromatic carbocycles. The van der Waals surface area contributed by atoms with Gasteiger partial charge in [0.05, 0.1) is 30.3 Å². The topological polar surface area (TPSA) is 88.0 Å². The summed E-state index contributed by atoms with van der Waals surface area (Å²) in [5.41, 5.74) is 4.62. The van der Waals surface area contributed by atoms with Gasteiger partial charge in [0.2, 0.25) is 0 Å². The molecule has 0 radical (unpaired) electrons. The number of amides is 1. The highest BCUT2D eigenvalue weighted by atomic mass is 32.1. The lowest BCUT2D eigenvalue weighted by molar-refractivity contribution is -0.922. The van der Waals surface area contributed by atoms with Gasteiger partial charge in [-0.2, -0.15) is 13.8 Å². The van der Waals surface area contributed by atoms with Crippen LogP contribution in [0.25, 0.3) is 21.9 Å². The first-order chi connectivity index (χ1) is 14.3. The SMILES string of the molecule is O=C(NCC1CCC[NH+](Cc2ccc3nsnc3c2)C1)c1n[nH]c2ccccc12. The minimum Gasteiger partial charge on any atom is -0.350 e. The predicted octanol–water partition coefficient (Wildman–Crippen LogP) is 1.79. The molecule has 1 amide bonds. The van der Waals surface area contributed by atoms with Crippen LogP contribution in [0.3, 0.4) is 0 Å². The second-order valence-corrected chi connectivity index (χ2v) is 8.33. The fourth-order valence-corrected chi connectivity index (χ4v) is 4.79. The number of carbonyl (C=O) groups excluding carboxylic acids is 1. The van der Waals surface area contributed by atoms with Crippen LogP contribution in [0.4, 0.5) is 0 Å². The van der Waals surface area contributed by atoms with Gasteiger partial charge in [0.15, 0.2) is 5.69 Å². The lowest BCUT2D eigenvalue weighted by atomic mass is 9.97. The number of nitrogens with one attached hydrogen (secondary N) is 3. The highest BCUT2D eigenvalue weighted by Gasteiger charge is 2.24. The van der Waals surface area contributed by atoms with Crippen LogP contribution in [0.15, 0.2) is 42.5 Å². The number of carbonyl (C=O) groups is 1. The van der Waals surface area contributed by atoms with Crippen molar-refractivity contribution >= 4 is 39.6 Å². The van der Waals surface area contributed by atoms with Crippen LogP contribution < -0.4 is 10.2 Å². The third-order valence-electron chi connectivity index (χ3n) is 5.73. The van der Waals surface area contributed by atoms with Gasteiger partial charge in [-0.1, -0.05) is 24.3 Å². The van der Waals surface area contributed by atoms with Crippen molar-refractivity contribution in [3.8, 4) is 0 Å². The Morgan fingerprint density at radius 2 is 2.10 bits per heavy atom. The molecule has 8 heteroatoms. The zero-order chi connectivity index (χ0) is 19.6. The molecular weight excluding hydrogens is 384 g/mol. The molecule has 2 unspecified atom stereocenters. The molecular formula is C21H23N6OS+. The summed E-state index contributed by atoms with van der Waals surface area (Å²) in [4.78, 5) is 14.2. The number of nitrogens with zero attached hydrogens (tertiary/aromatic N) is 3. The van der Waals surface area contributed by atoms with Crippen LogP contribution >= 0.6 is 11.7 Å². The van der Waals surface area contributed by atoms with Crippen LogP contribution in [0.1, 0.15) is 28.9 Å². The van der Waals surface area contributed by atoms with Crippen molar-refractivity contribution in [1.29, 1.82) is 0 Å². The smallest absolute Gasteiger partial charge is 0.272 e. The van der Waals surface area contributed by atoms with Crippen LogP contribution in [0.2, 0.25) is 0 Å². The molecule has 29 heavy (non-hydrogen) atoms. The van der Waals surface area contributed by atoms with Gasteiger partial charge in [-0.15, -0.1) is 0 Å². The van der Waals surface area contributed by atoms with Crippen molar-refractivity contribution in [1.82, 2.24) is 24.3 Å². The Balaban J connectivity index is 1.19. The summed E-state index contributed by atoms with van der Waals surface area (Å²) in [5, 5.41) is 11.1. The van der Waals surface area contributed by atoms with E-state index in [1.807, 2.05) is 24.3 Å². The van der Waals surface area contributed by atoms with E-state index in [0.717, 1.165) is 41.4 Å². The van der Waals surface area contributed by atoms with Gasteiger partial charge in [-0.3, -0.25) is 9.89 Å². The van der Waals surface area contributed by atoms with Crippen molar-refractivity contribution < 1.29 is 9.69 Å². The summed E-state index contributed by atoms with van der Waals surface area (Å²) in [7, 11) is 0. The summed E-state index contributed by atoms with van der Waals surface area (Å²) in [5.74, 6) is 0.383. The number of likely N-dealkylation sites (tertiary alicyclic amines) is 1. The molecule has 5 rings (SSSR count). The third kappa shape index (κ3) is 3.86. The van der Waals surface area contributed by atoms with E-state index in [9.17, 15) is 4.79 Å². The van der Waals surface area contributed by atoms with Crippen LogP contribution in [-0.4, -0.2) is 44.5 Å². The predicted molar refractivity (Wildman–Crippen MR) is 113 cm³/mol. The normalized spacial score (nSPS) is 19.6. The minimum atomic E-state index is -0.101. The first kappa shape index (κ1) is 18.2. The van der Waals surface area contributed by atoms with Gasteiger partial charge in [0, 0.05) is 23.4 Å². The first-order valence-electron chi connectivity index (χ1n) is 10.0. The molecule has 7 nitrogen and oxygen atoms in total. The van der Waals surface area contributed by atoms with Crippen molar-refractivity contribution in [2.45, 2.75) is 19.4 Å². The van der Waals surface area contributed by atoms with Crippen LogP contribution in [0, 0.1) is 5.92 Å². The Bertz CT molecular complexity index is 1150. The Morgan fingerprint density at radius 3 is 3.07 bits per heavy atom. The van der Waals surface area contributed by atoms with E-state index in [-0.39, 0.29) is 5.91 Å². The van der Waals surface area contributed by atoms with E-state index in [4.69, 9.17) is 0 Å². The third-order valence-corrected chi connectivity index (χ3v) is 6.29. The zero-order valence-electron chi connectivity index (χ0n) is 16.0. The fourth-order valence-electron chi connectivity index (χ4n) is 4.27. The van der Waals surface area contributed by atoms with Crippen molar-refractivity contribution in [3.05, 3.63) is 53.7 Å². The van der Waals surface area contributed by atoms with E-state index in [1.165, 1.54) is 30.3 Å². The standard InChI is InChI=1S/C21H22N6OS/c28-21(20-16-5-1-2-6-17(16)23-24-20)22-11-15-4-3-9-27(13-15)12-14-7-8-18-19(10-14)26-29-25-18/h1-2,5-8,10,15H,3-4,9,11-13H2,(H,22,28)(H,23,24)/p+1. The number of benzene rings is 2. The van der Waals surface area contributed by atoms with Gasteiger partial charge >= 0.3 is 0 Å². The van der Waals surface area contributed by atoms with E-state index in [2.05, 4.69) is 42.5 Å². The molecule has 2 aromatic heterocycles. The Labute approximate surface area is 172 Å². The van der Waals surface area contributed by atoms with Crippen LogP contribution in [0.5, 0.6) is 0 Å². The maximum atomic E-state index is 12.6. The second-order valence-electron chi connectivity index (χ2n) is 7.80. The molecule has 148 valence electrons. The molecule has 0 bridgehead atoms. The Hall–Kier alpha value is -2.84. The summed E-state index contributed by atoms with van der Waals surface area (Å²) in [6.45, 7) is 3.91. The largest absolute Gasteiger partial charge is 0.350 e. The molecule has 3 N–H and O–H groups in total. The molecule has 0 saturated carbocycles. The Kier molecular flexibility index (Phi) is 4.95. The fraction of sp³-hybridized carbons (Fsp3) is 0.333. The highest BCUT2D eigenvalue weighted by molar-refractivity contribution is 7.00. The maximum absolute atomic E-state index is 12.6. The number of hydrogen-bond donors (Lipinski definition) is 3. The molecule has 1 aliphatic rings. The molecule has 1 saturated heterocycles. The maximum Gasteiger partial charge on any atom is 0.272 e. The van der Waals surface area contributed by atoms with Crippen LogP contribution in [-0.2, 0) is 6.54 Å². The molecule has 1 aliphatic heterocycles. The van der Waals surface area contributed by atoms with Gasteiger partial charge in [0.1, 0.15) is 17.6 Å². The number of hydrogen-bond acceptors (Lipinski definition) is 5. The molecule has 1 fully saturated rings. The monoisotopic (exact) mass is 407 g/mol. The molecule has 0 spiro atoms. The molecule has 3 heterocycles. The van der Waals surface area contributed by atoms with Gasteiger partial charge in [-0.25, -0.2) is 0 Å². The highest BCUT2D eigenvalue weighted by Crippen LogP contribution is 2.16. The first-order valence-corrected chi connectivity index (χ1v) is 10.8. The van der Waals surface area contributed by atoms with E-state index in [0.29, 0.717) is 18.2 Å². The van der Waals surface area contributed by atoms with Gasteiger partial charge < -0.3 is 10.2 Å². The van der Waals surface area contributed by atoms with Crippen molar-refractivity contribution in [2.24, 2.45) is 5.92 Å². The number of piperidine rings is 1. The van der Waals surface area contributed by atoms with E-state index < -0.39 is 0 Å². The summed E-state index contributed by atoms with van der Waals surface area (Å²) in [6.07, 6.45) is 2.34. The number of rotatable bonds is 5. The van der Waals surface area contributed by atoms with E-state index >= 15 is 0 Å². The van der Waals surface area contributed by atoms with Crippen molar-refractivity contribution in [2.75, 3.05) is 19.6 Å². The average Bonchev–Trinajstić information content (AvgIpc) is 3.39.